The Hall–Kier alpha value is -1.01. The molecular formula is C12H21F2N3O. The molecule has 1 aromatic rings. The summed E-state index contributed by atoms with van der Waals surface area (Å²) in [5.74, 6) is 0. The lowest BCUT2D eigenvalue weighted by atomic mass is 10.1. The third kappa shape index (κ3) is 3.26. The van der Waals surface area contributed by atoms with E-state index in [0.29, 0.717) is 0 Å². The van der Waals surface area contributed by atoms with E-state index in [1.807, 2.05) is 32.4 Å². The minimum atomic E-state index is -2.72. The molecule has 0 amide bonds. The van der Waals surface area contributed by atoms with Gasteiger partial charge < -0.3 is 10.4 Å². The van der Waals surface area contributed by atoms with Gasteiger partial charge in [0.1, 0.15) is 6.10 Å². The van der Waals surface area contributed by atoms with Crippen molar-refractivity contribution in [2.45, 2.75) is 52.8 Å². The van der Waals surface area contributed by atoms with Gasteiger partial charge in [0.2, 0.25) is 0 Å². The zero-order valence-electron chi connectivity index (χ0n) is 11.2. The molecule has 0 saturated carbocycles. The van der Waals surface area contributed by atoms with Gasteiger partial charge in [0.05, 0.1) is 5.69 Å². The van der Waals surface area contributed by atoms with Crippen molar-refractivity contribution in [2.75, 3.05) is 6.54 Å². The maximum absolute atomic E-state index is 12.2. The van der Waals surface area contributed by atoms with Gasteiger partial charge in [0.25, 0.3) is 6.43 Å². The van der Waals surface area contributed by atoms with Crippen LogP contribution in [0.25, 0.3) is 0 Å². The van der Waals surface area contributed by atoms with E-state index in [-0.39, 0.29) is 12.6 Å². The van der Waals surface area contributed by atoms with E-state index >= 15 is 0 Å². The first kappa shape index (κ1) is 15.0. The molecule has 0 aliphatic carbocycles. The van der Waals surface area contributed by atoms with E-state index in [1.54, 1.807) is 0 Å². The average Bonchev–Trinajstić information content (AvgIpc) is 2.60. The largest absolute Gasteiger partial charge is 0.386 e. The van der Waals surface area contributed by atoms with Gasteiger partial charge in [-0.1, -0.05) is 0 Å². The van der Waals surface area contributed by atoms with Crippen LogP contribution in [-0.4, -0.2) is 34.0 Å². The van der Waals surface area contributed by atoms with Gasteiger partial charge in [0.15, 0.2) is 0 Å². The maximum atomic E-state index is 12.2. The molecule has 0 aromatic carbocycles. The van der Waals surface area contributed by atoms with Crippen molar-refractivity contribution >= 4 is 0 Å². The van der Waals surface area contributed by atoms with Crippen LogP contribution in [0.15, 0.2) is 0 Å². The summed E-state index contributed by atoms with van der Waals surface area (Å²) in [5, 5.41) is 16.4. The molecule has 2 atom stereocenters. The van der Waals surface area contributed by atoms with Crippen LogP contribution in [0.2, 0.25) is 0 Å². The molecule has 0 fully saturated rings. The highest BCUT2D eigenvalue weighted by Gasteiger charge is 2.20. The molecule has 4 nitrogen and oxygen atoms in total. The lowest BCUT2D eigenvalue weighted by molar-refractivity contribution is -0.00440. The Bertz CT molecular complexity index is 393. The molecule has 1 aromatic heterocycles. The summed E-state index contributed by atoms with van der Waals surface area (Å²) in [7, 11) is 0. The number of alkyl halides is 2. The van der Waals surface area contributed by atoms with E-state index in [0.717, 1.165) is 23.5 Å². The zero-order chi connectivity index (χ0) is 13.9. The van der Waals surface area contributed by atoms with Crippen molar-refractivity contribution < 1.29 is 13.9 Å². The molecule has 6 heteroatoms. The van der Waals surface area contributed by atoms with Crippen molar-refractivity contribution in [3.05, 3.63) is 17.0 Å². The smallest absolute Gasteiger partial charge is 0.265 e. The SMILES string of the molecule is CCn1nc(C)c(C(C)NCC(O)C(F)F)c1C. The Morgan fingerprint density at radius 2 is 2.00 bits per heavy atom. The normalized spacial score (nSPS) is 15.1. The minimum Gasteiger partial charge on any atom is -0.386 e. The number of hydrogen-bond donors (Lipinski definition) is 2. The number of nitrogens with one attached hydrogen (secondary N) is 1. The first-order valence-electron chi connectivity index (χ1n) is 6.12. The summed E-state index contributed by atoms with van der Waals surface area (Å²) in [6, 6.07) is -0.112. The zero-order valence-corrected chi connectivity index (χ0v) is 11.2. The van der Waals surface area contributed by atoms with Crippen molar-refractivity contribution in [1.29, 1.82) is 0 Å². The molecule has 18 heavy (non-hydrogen) atoms. The van der Waals surface area contributed by atoms with Gasteiger partial charge >= 0.3 is 0 Å². The van der Waals surface area contributed by atoms with Gasteiger partial charge in [-0.25, -0.2) is 8.78 Å². The van der Waals surface area contributed by atoms with E-state index in [9.17, 15) is 8.78 Å². The van der Waals surface area contributed by atoms with Crippen LogP contribution < -0.4 is 5.32 Å². The molecule has 2 N–H and O–H groups in total. The predicted molar refractivity (Wildman–Crippen MR) is 65.8 cm³/mol. The van der Waals surface area contributed by atoms with Crippen molar-refractivity contribution in [3.63, 3.8) is 0 Å². The van der Waals surface area contributed by atoms with Crippen LogP contribution >= 0.6 is 0 Å². The monoisotopic (exact) mass is 261 g/mol. The Balaban J connectivity index is 2.72. The van der Waals surface area contributed by atoms with Gasteiger partial charge in [0, 0.05) is 30.4 Å². The van der Waals surface area contributed by atoms with Gasteiger partial charge in [-0.05, 0) is 27.7 Å². The average molecular weight is 261 g/mol. The Morgan fingerprint density at radius 1 is 1.39 bits per heavy atom. The summed E-state index contributed by atoms with van der Waals surface area (Å²) in [6.07, 6.45) is -4.35. The van der Waals surface area contributed by atoms with Crippen molar-refractivity contribution in [3.8, 4) is 0 Å². The fraction of sp³-hybridized carbons (Fsp3) is 0.750. The highest BCUT2D eigenvalue weighted by atomic mass is 19.3. The number of halogens is 2. The molecule has 0 spiro atoms. The molecule has 2 unspecified atom stereocenters. The third-order valence-electron chi connectivity index (χ3n) is 3.09. The summed E-state index contributed by atoms with van der Waals surface area (Å²) in [6.45, 7) is 8.39. The number of aliphatic hydroxyl groups is 1. The van der Waals surface area contributed by atoms with E-state index < -0.39 is 12.5 Å². The summed E-state index contributed by atoms with van der Waals surface area (Å²) in [4.78, 5) is 0. The quantitative estimate of drug-likeness (QED) is 0.821. The van der Waals surface area contributed by atoms with E-state index in [1.165, 1.54) is 0 Å². The van der Waals surface area contributed by atoms with E-state index in [2.05, 4.69) is 10.4 Å². The Kier molecular flexibility index (Phi) is 5.22. The third-order valence-corrected chi connectivity index (χ3v) is 3.09. The minimum absolute atomic E-state index is 0.112. The summed E-state index contributed by atoms with van der Waals surface area (Å²) < 4.78 is 26.3. The number of rotatable bonds is 6. The van der Waals surface area contributed by atoms with Crippen LogP contribution in [0.3, 0.4) is 0 Å². The summed E-state index contributed by atoms with van der Waals surface area (Å²) >= 11 is 0. The number of aromatic nitrogens is 2. The second-order valence-corrected chi connectivity index (χ2v) is 4.43. The molecule has 0 saturated heterocycles. The second-order valence-electron chi connectivity index (χ2n) is 4.43. The van der Waals surface area contributed by atoms with Gasteiger partial charge in [-0.2, -0.15) is 5.10 Å². The Morgan fingerprint density at radius 3 is 2.44 bits per heavy atom. The lowest BCUT2D eigenvalue weighted by Gasteiger charge is -2.17. The van der Waals surface area contributed by atoms with Crippen LogP contribution in [0.4, 0.5) is 8.78 Å². The van der Waals surface area contributed by atoms with E-state index in [4.69, 9.17) is 5.11 Å². The number of nitrogens with zero attached hydrogens (tertiary/aromatic N) is 2. The molecule has 0 bridgehead atoms. The first-order valence-corrected chi connectivity index (χ1v) is 6.12. The molecule has 0 radical (unpaired) electrons. The van der Waals surface area contributed by atoms with Crippen LogP contribution in [0.1, 0.15) is 36.8 Å². The standard InChI is InChI=1S/C12H21F2N3O/c1-5-17-9(4)11(8(3)16-17)7(2)15-6-10(18)12(13)14/h7,10,12,15,18H,5-6H2,1-4H3. The van der Waals surface area contributed by atoms with Crippen molar-refractivity contribution in [1.82, 2.24) is 15.1 Å². The number of hydrogen-bond acceptors (Lipinski definition) is 3. The van der Waals surface area contributed by atoms with Gasteiger partial charge in [-0.3, -0.25) is 4.68 Å². The second kappa shape index (κ2) is 6.24. The van der Waals surface area contributed by atoms with Crippen LogP contribution in [0, 0.1) is 13.8 Å². The molecule has 104 valence electrons. The first-order chi connectivity index (χ1) is 8.38. The lowest BCUT2D eigenvalue weighted by Crippen LogP contribution is -2.33. The predicted octanol–water partition coefficient (Wildman–Crippen LogP) is 1.80. The molecule has 0 aliphatic heterocycles. The number of aryl methyl sites for hydroxylation is 2. The highest BCUT2D eigenvalue weighted by molar-refractivity contribution is 5.27. The van der Waals surface area contributed by atoms with Crippen molar-refractivity contribution in [2.24, 2.45) is 0 Å². The number of aliphatic hydroxyl groups excluding tert-OH is 1. The molecule has 1 heterocycles. The molecular weight excluding hydrogens is 240 g/mol. The van der Waals surface area contributed by atoms with Crippen LogP contribution in [-0.2, 0) is 6.54 Å². The topological polar surface area (TPSA) is 50.1 Å². The van der Waals surface area contributed by atoms with Gasteiger partial charge in [-0.15, -0.1) is 0 Å². The fourth-order valence-corrected chi connectivity index (χ4v) is 2.13. The molecule has 1 rings (SSSR count). The summed E-state index contributed by atoms with van der Waals surface area (Å²) in [5.41, 5.74) is 2.93. The fourth-order valence-electron chi connectivity index (χ4n) is 2.13. The van der Waals surface area contributed by atoms with Crippen LogP contribution in [0.5, 0.6) is 0 Å². The maximum Gasteiger partial charge on any atom is 0.265 e. The molecule has 0 aliphatic rings. The Labute approximate surface area is 106 Å². The highest BCUT2D eigenvalue weighted by Crippen LogP contribution is 2.21.